The number of carbonyl (C=O) groups is 2. The molecule has 1 heterocycles. The summed E-state index contributed by atoms with van der Waals surface area (Å²) in [6.07, 6.45) is 3.58. The zero-order valence-corrected chi connectivity index (χ0v) is 17.0. The Kier molecular flexibility index (Phi) is 7.40. The molecule has 0 bridgehead atoms. The van der Waals surface area contributed by atoms with Crippen LogP contribution in [-0.4, -0.2) is 41.2 Å². The normalized spacial score (nSPS) is 15.4. The van der Waals surface area contributed by atoms with E-state index in [1.54, 1.807) is 18.2 Å². The van der Waals surface area contributed by atoms with Crippen LogP contribution in [0.3, 0.4) is 0 Å². The molecule has 0 atom stereocenters. The van der Waals surface area contributed by atoms with Gasteiger partial charge in [-0.1, -0.05) is 11.6 Å². The van der Waals surface area contributed by atoms with Crippen molar-refractivity contribution >= 4 is 23.2 Å². The van der Waals surface area contributed by atoms with Gasteiger partial charge in [0, 0.05) is 22.9 Å². The number of phenolic OH excluding ortho intramolecular Hbond substituents is 1. The number of piperidine rings is 1. The van der Waals surface area contributed by atoms with Crippen LogP contribution in [0.2, 0.25) is 5.02 Å². The summed E-state index contributed by atoms with van der Waals surface area (Å²) in [4.78, 5) is 27.1. The Morgan fingerprint density at radius 2 is 1.76 bits per heavy atom. The lowest BCUT2D eigenvalue weighted by Gasteiger charge is -2.31. The number of benzene rings is 2. The maximum atomic E-state index is 13.0. The molecule has 1 fully saturated rings. The van der Waals surface area contributed by atoms with Crippen molar-refractivity contribution < 1.29 is 19.1 Å². The third kappa shape index (κ3) is 5.87. The van der Waals surface area contributed by atoms with Gasteiger partial charge < -0.3 is 10.0 Å². The average molecular weight is 418 g/mol. The quantitative estimate of drug-likeness (QED) is 0.477. The first-order chi connectivity index (χ1) is 13.9. The molecule has 1 saturated heterocycles. The van der Waals surface area contributed by atoms with Crippen LogP contribution in [0, 0.1) is 11.7 Å². The summed E-state index contributed by atoms with van der Waals surface area (Å²) in [7, 11) is 0. The SMILES string of the molecule is O=C(CCCCN1CCC(C(=O)c2ccc(F)cc2)CC1)c1cc(Cl)ccc1O. The number of hydrogen-bond donors (Lipinski definition) is 1. The van der Waals surface area contributed by atoms with E-state index in [0.717, 1.165) is 45.3 Å². The van der Waals surface area contributed by atoms with Crippen molar-refractivity contribution in [3.8, 4) is 5.75 Å². The van der Waals surface area contributed by atoms with E-state index in [-0.39, 0.29) is 34.6 Å². The molecule has 0 saturated carbocycles. The number of phenols is 1. The van der Waals surface area contributed by atoms with Crippen LogP contribution in [0.15, 0.2) is 42.5 Å². The number of likely N-dealkylation sites (tertiary alicyclic amines) is 1. The topological polar surface area (TPSA) is 57.6 Å². The number of Topliss-reactive ketones (excluding diaryl/α,β-unsaturated/α-hetero) is 2. The van der Waals surface area contributed by atoms with E-state index in [0.29, 0.717) is 17.0 Å². The highest BCUT2D eigenvalue weighted by molar-refractivity contribution is 6.31. The van der Waals surface area contributed by atoms with E-state index in [2.05, 4.69) is 4.90 Å². The van der Waals surface area contributed by atoms with Crippen LogP contribution in [0.4, 0.5) is 4.39 Å². The number of unbranched alkanes of at least 4 members (excludes halogenated alkanes) is 1. The van der Waals surface area contributed by atoms with Crippen molar-refractivity contribution in [3.63, 3.8) is 0 Å². The van der Waals surface area contributed by atoms with Gasteiger partial charge in [-0.15, -0.1) is 0 Å². The van der Waals surface area contributed by atoms with Crippen molar-refractivity contribution in [2.75, 3.05) is 19.6 Å². The molecule has 3 rings (SSSR count). The standard InChI is InChI=1S/C23H25ClFNO3/c24-18-6-9-22(28)20(15-18)21(27)3-1-2-12-26-13-10-17(11-14-26)23(29)16-4-7-19(25)8-5-16/h4-9,15,17,28H,1-3,10-14H2. The number of rotatable bonds is 8. The van der Waals surface area contributed by atoms with Gasteiger partial charge in [0.25, 0.3) is 0 Å². The fraction of sp³-hybridized carbons (Fsp3) is 0.391. The third-order valence-corrected chi connectivity index (χ3v) is 5.71. The first-order valence-electron chi connectivity index (χ1n) is 9.98. The van der Waals surface area contributed by atoms with Gasteiger partial charge in [-0.2, -0.15) is 0 Å². The van der Waals surface area contributed by atoms with E-state index in [9.17, 15) is 19.1 Å². The Bertz CT molecular complexity index is 861. The lowest BCUT2D eigenvalue weighted by molar-refractivity contribution is 0.0836. The second-order valence-corrected chi connectivity index (χ2v) is 7.97. The van der Waals surface area contributed by atoms with Gasteiger partial charge in [0.15, 0.2) is 11.6 Å². The van der Waals surface area contributed by atoms with Crippen LogP contribution in [0.25, 0.3) is 0 Å². The van der Waals surface area contributed by atoms with Crippen molar-refractivity contribution in [2.24, 2.45) is 5.92 Å². The summed E-state index contributed by atoms with van der Waals surface area (Å²) in [6, 6.07) is 10.3. The third-order valence-electron chi connectivity index (χ3n) is 5.47. The molecule has 0 unspecified atom stereocenters. The maximum Gasteiger partial charge on any atom is 0.166 e. The predicted molar refractivity (Wildman–Crippen MR) is 111 cm³/mol. The highest BCUT2D eigenvalue weighted by atomic mass is 35.5. The Labute approximate surface area is 175 Å². The van der Waals surface area contributed by atoms with Gasteiger partial charge in [-0.25, -0.2) is 4.39 Å². The molecule has 2 aromatic carbocycles. The minimum atomic E-state index is -0.333. The van der Waals surface area contributed by atoms with Gasteiger partial charge in [0.05, 0.1) is 5.56 Å². The fourth-order valence-electron chi connectivity index (χ4n) is 3.76. The second kappa shape index (κ2) is 9.99. The van der Waals surface area contributed by atoms with Crippen molar-refractivity contribution in [3.05, 3.63) is 64.4 Å². The number of ketones is 2. The molecule has 1 N–H and O–H groups in total. The molecule has 2 aromatic rings. The van der Waals surface area contributed by atoms with Crippen molar-refractivity contribution in [1.82, 2.24) is 4.90 Å². The smallest absolute Gasteiger partial charge is 0.166 e. The molecular formula is C23H25ClFNO3. The Hall–Kier alpha value is -2.24. The molecule has 0 spiro atoms. The van der Waals surface area contributed by atoms with Crippen molar-refractivity contribution in [1.29, 1.82) is 0 Å². The average Bonchev–Trinajstić information content (AvgIpc) is 2.73. The van der Waals surface area contributed by atoms with Crippen LogP contribution >= 0.6 is 11.6 Å². The zero-order chi connectivity index (χ0) is 20.8. The molecule has 4 nitrogen and oxygen atoms in total. The van der Waals surface area contributed by atoms with Gasteiger partial charge in [-0.3, -0.25) is 9.59 Å². The fourth-order valence-corrected chi connectivity index (χ4v) is 3.93. The summed E-state index contributed by atoms with van der Waals surface area (Å²) in [6.45, 7) is 2.58. The summed E-state index contributed by atoms with van der Waals surface area (Å²) >= 11 is 5.89. The van der Waals surface area contributed by atoms with Crippen LogP contribution in [-0.2, 0) is 0 Å². The number of nitrogens with zero attached hydrogens (tertiary/aromatic N) is 1. The minimum absolute atomic E-state index is 0.0101. The molecule has 0 radical (unpaired) electrons. The Morgan fingerprint density at radius 3 is 2.45 bits per heavy atom. The van der Waals surface area contributed by atoms with Gasteiger partial charge in [0.2, 0.25) is 0 Å². The van der Waals surface area contributed by atoms with Crippen LogP contribution in [0.1, 0.15) is 52.8 Å². The number of aromatic hydroxyl groups is 1. The molecule has 6 heteroatoms. The highest BCUT2D eigenvalue weighted by Crippen LogP contribution is 2.24. The summed E-state index contributed by atoms with van der Waals surface area (Å²) < 4.78 is 13.0. The van der Waals surface area contributed by atoms with Gasteiger partial charge >= 0.3 is 0 Å². The molecule has 154 valence electrons. The molecular weight excluding hydrogens is 393 g/mol. The molecule has 0 aliphatic carbocycles. The molecule has 29 heavy (non-hydrogen) atoms. The maximum absolute atomic E-state index is 13.0. The zero-order valence-electron chi connectivity index (χ0n) is 16.2. The number of hydrogen-bond acceptors (Lipinski definition) is 4. The molecule has 1 aliphatic heterocycles. The lowest BCUT2D eigenvalue weighted by Crippen LogP contribution is -2.37. The van der Waals surface area contributed by atoms with E-state index in [1.807, 2.05) is 0 Å². The van der Waals surface area contributed by atoms with E-state index < -0.39 is 0 Å². The van der Waals surface area contributed by atoms with Crippen LogP contribution < -0.4 is 0 Å². The summed E-state index contributed by atoms with van der Waals surface area (Å²) in [5.74, 6) is -0.387. The van der Waals surface area contributed by atoms with Crippen molar-refractivity contribution in [2.45, 2.75) is 32.1 Å². The van der Waals surface area contributed by atoms with E-state index >= 15 is 0 Å². The van der Waals surface area contributed by atoms with E-state index in [4.69, 9.17) is 11.6 Å². The molecule has 1 aliphatic rings. The number of carbonyl (C=O) groups excluding carboxylic acids is 2. The van der Waals surface area contributed by atoms with Gasteiger partial charge in [0.1, 0.15) is 11.6 Å². The lowest BCUT2D eigenvalue weighted by atomic mass is 9.89. The second-order valence-electron chi connectivity index (χ2n) is 7.53. The van der Waals surface area contributed by atoms with Crippen LogP contribution in [0.5, 0.6) is 5.75 Å². The number of halogens is 2. The summed E-state index contributed by atoms with van der Waals surface area (Å²) in [5.41, 5.74) is 0.852. The van der Waals surface area contributed by atoms with E-state index in [1.165, 1.54) is 24.3 Å². The first-order valence-corrected chi connectivity index (χ1v) is 10.4. The minimum Gasteiger partial charge on any atom is -0.507 e. The molecule has 0 aromatic heterocycles. The first kappa shape index (κ1) is 21.5. The Morgan fingerprint density at radius 1 is 1.07 bits per heavy atom. The highest BCUT2D eigenvalue weighted by Gasteiger charge is 2.25. The molecule has 0 amide bonds. The predicted octanol–water partition coefficient (Wildman–Crippen LogP) is 5.13. The monoisotopic (exact) mass is 417 g/mol. The largest absolute Gasteiger partial charge is 0.507 e. The van der Waals surface area contributed by atoms with Gasteiger partial charge in [-0.05, 0) is 87.8 Å². The Balaban J connectivity index is 1.38. The summed E-state index contributed by atoms with van der Waals surface area (Å²) in [5, 5.41) is 10.2.